The zero-order valence-corrected chi connectivity index (χ0v) is 21.9. The molecule has 7 rings (SSSR count). The number of piperidine rings is 1. The molecule has 9 nitrogen and oxygen atoms in total. The van der Waals surface area contributed by atoms with Crippen LogP contribution in [0.5, 0.6) is 17.4 Å². The largest absolute Gasteiger partial charge is 0.481 e. The summed E-state index contributed by atoms with van der Waals surface area (Å²) in [6.45, 7) is 2.91. The average Bonchev–Trinajstić information content (AvgIpc) is 3.57. The van der Waals surface area contributed by atoms with Gasteiger partial charge in [0.15, 0.2) is 24.4 Å². The smallest absolute Gasteiger partial charge is 0.265 e. The van der Waals surface area contributed by atoms with E-state index >= 15 is 0 Å². The van der Waals surface area contributed by atoms with E-state index in [-0.39, 0.29) is 30.3 Å². The number of pyridine rings is 1. The standard InChI is InChI=1S/C29H34N4O5/c1-32-14-10-29-20-6-8-23(37-24-16-19(9-11-30-24)28(34)31-33-12-3-4-13-33)27(29)38-26-22(36-17-35-2)7-5-18(25(26)29)15-21(20)32/h5-9,11,16,20-21,23,27H,3-4,10,12-15,17H2,1-2H3,(H,31,34)/t20-,21+,23-,27-,29-/m0/s1. The lowest BCUT2D eigenvalue weighted by atomic mass is 9.53. The first-order chi connectivity index (χ1) is 18.6. The molecule has 1 amide bonds. The number of amides is 1. The number of ether oxygens (including phenoxy) is 4. The van der Waals surface area contributed by atoms with E-state index in [1.165, 1.54) is 11.1 Å². The number of hydrogen-bond acceptors (Lipinski definition) is 8. The fourth-order valence-corrected chi connectivity index (χ4v) is 7.34. The predicted molar refractivity (Wildman–Crippen MR) is 139 cm³/mol. The predicted octanol–water partition coefficient (Wildman–Crippen LogP) is 2.70. The van der Waals surface area contributed by atoms with Gasteiger partial charge in [-0.05, 0) is 63.0 Å². The van der Waals surface area contributed by atoms with Crippen LogP contribution in [0.15, 0.2) is 42.6 Å². The molecule has 2 aliphatic carbocycles. The summed E-state index contributed by atoms with van der Waals surface area (Å²) in [7, 11) is 3.85. The number of hydrogen-bond donors (Lipinski definition) is 1. The Morgan fingerprint density at radius 2 is 2.08 bits per heavy atom. The molecular weight excluding hydrogens is 484 g/mol. The number of aromatic nitrogens is 1. The molecule has 0 saturated carbocycles. The minimum absolute atomic E-state index is 0.142. The number of nitrogens with one attached hydrogen (secondary N) is 1. The number of likely N-dealkylation sites (N-methyl/N-ethyl adjacent to an activating group) is 1. The van der Waals surface area contributed by atoms with E-state index in [2.05, 4.69) is 40.6 Å². The molecule has 1 spiro atoms. The molecule has 2 aromatic rings. The van der Waals surface area contributed by atoms with Crippen LogP contribution in [0.3, 0.4) is 0 Å². The Labute approximate surface area is 222 Å². The van der Waals surface area contributed by atoms with Crippen LogP contribution in [-0.2, 0) is 16.6 Å². The van der Waals surface area contributed by atoms with Crippen LogP contribution >= 0.6 is 0 Å². The Kier molecular flexibility index (Phi) is 5.83. The minimum atomic E-state index is -0.353. The summed E-state index contributed by atoms with van der Waals surface area (Å²) in [5, 5.41) is 1.97. The Morgan fingerprint density at radius 1 is 1.21 bits per heavy atom. The molecule has 200 valence electrons. The zero-order valence-electron chi connectivity index (χ0n) is 21.9. The van der Waals surface area contributed by atoms with Crippen molar-refractivity contribution >= 4 is 5.91 Å². The summed E-state index contributed by atoms with van der Waals surface area (Å²) < 4.78 is 24.5. The third kappa shape index (κ3) is 3.63. The molecule has 1 aromatic heterocycles. The first kappa shape index (κ1) is 23.9. The molecule has 2 fully saturated rings. The summed E-state index contributed by atoms with van der Waals surface area (Å²) >= 11 is 0. The molecule has 5 atom stereocenters. The van der Waals surface area contributed by atoms with Gasteiger partial charge in [0, 0.05) is 61.0 Å². The van der Waals surface area contributed by atoms with Crippen molar-refractivity contribution in [3.05, 3.63) is 59.3 Å². The fourth-order valence-electron chi connectivity index (χ4n) is 7.34. The van der Waals surface area contributed by atoms with Crippen molar-refractivity contribution in [2.45, 2.75) is 49.3 Å². The zero-order chi connectivity index (χ0) is 25.9. The summed E-state index contributed by atoms with van der Waals surface area (Å²) in [6.07, 6.45) is 9.67. The van der Waals surface area contributed by atoms with E-state index in [4.69, 9.17) is 18.9 Å². The number of methoxy groups -OCH3 is 1. The summed E-state index contributed by atoms with van der Waals surface area (Å²) in [6, 6.07) is 8.05. The van der Waals surface area contributed by atoms with Crippen LogP contribution in [0.25, 0.3) is 0 Å². The van der Waals surface area contributed by atoms with Crippen molar-refractivity contribution in [1.82, 2.24) is 20.3 Å². The van der Waals surface area contributed by atoms with Gasteiger partial charge in [-0.15, -0.1) is 0 Å². The van der Waals surface area contributed by atoms with Gasteiger partial charge >= 0.3 is 0 Å². The lowest BCUT2D eigenvalue weighted by Gasteiger charge is -2.56. The van der Waals surface area contributed by atoms with Gasteiger partial charge < -0.3 is 23.8 Å². The summed E-state index contributed by atoms with van der Waals surface area (Å²) in [5.74, 6) is 2.13. The van der Waals surface area contributed by atoms with Crippen molar-refractivity contribution < 1.29 is 23.7 Å². The number of likely N-dealkylation sites (tertiary alicyclic amines) is 1. The van der Waals surface area contributed by atoms with E-state index in [0.717, 1.165) is 51.1 Å². The van der Waals surface area contributed by atoms with E-state index < -0.39 is 0 Å². The van der Waals surface area contributed by atoms with Gasteiger partial charge in [-0.3, -0.25) is 10.2 Å². The van der Waals surface area contributed by atoms with Gasteiger partial charge in [0.25, 0.3) is 5.91 Å². The maximum Gasteiger partial charge on any atom is 0.265 e. The van der Waals surface area contributed by atoms with Gasteiger partial charge in [-0.2, -0.15) is 0 Å². The van der Waals surface area contributed by atoms with Crippen LogP contribution in [0.1, 0.15) is 40.7 Å². The van der Waals surface area contributed by atoms with E-state index in [0.29, 0.717) is 29.2 Å². The quantitative estimate of drug-likeness (QED) is 0.443. The molecule has 1 N–H and O–H groups in total. The Morgan fingerprint density at radius 3 is 2.92 bits per heavy atom. The van der Waals surface area contributed by atoms with E-state index in [1.54, 1.807) is 25.4 Å². The molecule has 3 aliphatic heterocycles. The second-order valence-electron chi connectivity index (χ2n) is 11.1. The lowest BCUT2D eigenvalue weighted by Crippen LogP contribution is -2.65. The van der Waals surface area contributed by atoms with Gasteiger partial charge in [0.2, 0.25) is 5.88 Å². The first-order valence-electron chi connectivity index (χ1n) is 13.6. The van der Waals surface area contributed by atoms with Gasteiger partial charge in [-0.25, -0.2) is 9.99 Å². The Bertz CT molecular complexity index is 1280. The Balaban J connectivity index is 1.21. The average molecular weight is 519 g/mol. The maximum absolute atomic E-state index is 12.9. The highest BCUT2D eigenvalue weighted by atomic mass is 16.7. The van der Waals surface area contributed by atoms with Crippen LogP contribution < -0.4 is 19.6 Å². The first-order valence-corrected chi connectivity index (χ1v) is 13.6. The maximum atomic E-state index is 12.9. The molecular formula is C29H34N4O5. The molecule has 5 aliphatic rings. The van der Waals surface area contributed by atoms with Crippen molar-refractivity contribution in [3.8, 4) is 17.4 Å². The number of benzene rings is 1. The summed E-state index contributed by atoms with van der Waals surface area (Å²) in [5.41, 5.74) is 5.93. The summed E-state index contributed by atoms with van der Waals surface area (Å²) in [4.78, 5) is 19.8. The topological polar surface area (TPSA) is 85.4 Å². The molecule has 0 unspecified atom stereocenters. The van der Waals surface area contributed by atoms with Crippen molar-refractivity contribution in [3.63, 3.8) is 0 Å². The van der Waals surface area contributed by atoms with E-state index in [1.807, 2.05) is 11.1 Å². The van der Waals surface area contributed by atoms with Crippen LogP contribution in [0.2, 0.25) is 0 Å². The lowest BCUT2D eigenvalue weighted by molar-refractivity contribution is -0.0397. The minimum Gasteiger partial charge on any atom is -0.481 e. The highest BCUT2D eigenvalue weighted by Crippen LogP contribution is 2.62. The number of hydrazine groups is 1. The van der Waals surface area contributed by atoms with Crippen molar-refractivity contribution in [2.24, 2.45) is 5.92 Å². The van der Waals surface area contributed by atoms with Gasteiger partial charge in [-0.1, -0.05) is 12.1 Å². The van der Waals surface area contributed by atoms with Gasteiger partial charge in [0.1, 0.15) is 6.10 Å². The SMILES string of the molecule is COCOc1ccc2c3c1O[C@H]1[C@@H](Oc4cc(C(=O)NN5CCCC5)ccn4)C=C[C@H]4[C@@H](C2)N(C)CC[C@@]341. The third-order valence-corrected chi connectivity index (χ3v) is 9.07. The monoisotopic (exact) mass is 518 g/mol. The highest BCUT2D eigenvalue weighted by molar-refractivity contribution is 5.94. The third-order valence-electron chi connectivity index (χ3n) is 9.07. The molecule has 2 saturated heterocycles. The number of nitrogens with zero attached hydrogens (tertiary/aromatic N) is 3. The normalized spacial score (nSPS) is 31.0. The van der Waals surface area contributed by atoms with Crippen LogP contribution in [0, 0.1) is 5.92 Å². The molecule has 9 heteroatoms. The van der Waals surface area contributed by atoms with Crippen LogP contribution in [0.4, 0.5) is 0 Å². The Hall–Kier alpha value is -3.14. The highest BCUT2D eigenvalue weighted by Gasteiger charge is 2.65. The second-order valence-corrected chi connectivity index (χ2v) is 11.1. The van der Waals surface area contributed by atoms with Crippen molar-refractivity contribution in [2.75, 3.05) is 40.6 Å². The van der Waals surface area contributed by atoms with Crippen LogP contribution in [-0.4, -0.2) is 79.6 Å². The van der Waals surface area contributed by atoms with Crippen molar-refractivity contribution in [1.29, 1.82) is 0 Å². The molecule has 2 bridgehead atoms. The fraction of sp³-hybridized carbons (Fsp3) is 0.517. The number of carbonyl (C=O) groups excluding carboxylic acids is 1. The molecule has 1 aromatic carbocycles. The second kappa shape index (κ2) is 9.25. The molecule has 4 heterocycles. The molecule has 38 heavy (non-hydrogen) atoms. The van der Waals surface area contributed by atoms with E-state index in [9.17, 15) is 4.79 Å². The van der Waals surface area contributed by atoms with Gasteiger partial charge in [0.05, 0.1) is 0 Å². The number of carbonyl (C=O) groups is 1. The number of rotatable bonds is 7. The molecule has 0 radical (unpaired) electrons.